The molecular formula is C23H32ClN3O3. The summed E-state index contributed by atoms with van der Waals surface area (Å²) >= 11 is 0. The molecule has 2 aliphatic heterocycles. The zero-order chi connectivity index (χ0) is 20.0. The predicted molar refractivity (Wildman–Crippen MR) is 118 cm³/mol. The summed E-state index contributed by atoms with van der Waals surface area (Å²) in [6.45, 7) is 5.46. The van der Waals surface area contributed by atoms with Gasteiger partial charge in [0.2, 0.25) is 11.8 Å². The molecule has 4 unspecified atom stereocenters. The number of nitrogens with zero attached hydrogens (tertiary/aromatic N) is 3. The second-order valence-electron chi connectivity index (χ2n) is 9.07. The Hall–Kier alpha value is -1.79. The molecule has 4 atom stereocenters. The van der Waals surface area contributed by atoms with Gasteiger partial charge in [0.25, 0.3) is 0 Å². The first-order chi connectivity index (χ1) is 14.2. The number of benzene rings is 1. The van der Waals surface area contributed by atoms with E-state index in [-0.39, 0.29) is 36.1 Å². The number of fused-ring (bicyclic) bond motifs is 5. The lowest BCUT2D eigenvalue weighted by molar-refractivity contribution is -0.140. The van der Waals surface area contributed by atoms with E-state index in [0.29, 0.717) is 18.4 Å². The van der Waals surface area contributed by atoms with E-state index in [9.17, 15) is 9.59 Å². The molecule has 2 amide bonds. The van der Waals surface area contributed by atoms with Crippen LogP contribution in [0.3, 0.4) is 0 Å². The third-order valence-corrected chi connectivity index (χ3v) is 7.67. The van der Waals surface area contributed by atoms with Crippen molar-refractivity contribution in [3.8, 4) is 5.75 Å². The zero-order valence-electron chi connectivity index (χ0n) is 17.7. The molecule has 0 radical (unpaired) electrons. The average molecular weight is 434 g/mol. The number of ether oxygens (including phenoxy) is 1. The Kier molecular flexibility index (Phi) is 6.26. The monoisotopic (exact) mass is 433 g/mol. The molecule has 4 aliphatic rings. The highest BCUT2D eigenvalue weighted by atomic mass is 35.5. The molecule has 7 heteroatoms. The molecule has 2 saturated carbocycles. The molecule has 1 aromatic carbocycles. The van der Waals surface area contributed by atoms with Crippen LogP contribution in [0.4, 0.5) is 5.69 Å². The fourth-order valence-corrected chi connectivity index (χ4v) is 6.25. The Morgan fingerprint density at radius 2 is 1.57 bits per heavy atom. The molecule has 164 valence electrons. The van der Waals surface area contributed by atoms with Crippen LogP contribution in [0.1, 0.15) is 25.7 Å². The number of halogens is 1. The summed E-state index contributed by atoms with van der Waals surface area (Å²) in [7, 11) is 1.72. The van der Waals surface area contributed by atoms with Crippen molar-refractivity contribution < 1.29 is 14.3 Å². The maximum Gasteiger partial charge on any atom is 0.233 e. The number of rotatable bonds is 6. The minimum absolute atomic E-state index is 0. The van der Waals surface area contributed by atoms with Crippen molar-refractivity contribution in [2.75, 3.05) is 51.3 Å². The summed E-state index contributed by atoms with van der Waals surface area (Å²) in [5, 5.41) is 0. The lowest BCUT2D eigenvalue weighted by Gasteiger charge is -2.36. The average Bonchev–Trinajstić information content (AvgIpc) is 3.44. The number of amides is 2. The third kappa shape index (κ3) is 3.58. The van der Waals surface area contributed by atoms with Crippen LogP contribution in [-0.2, 0) is 9.59 Å². The van der Waals surface area contributed by atoms with E-state index in [0.717, 1.165) is 69.8 Å². The molecule has 30 heavy (non-hydrogen) atoms. The molecule has 2 heterocycles. The number of para-hydroxylation sites is 2. The largest absolute Gasteiger partial charge is 0.495 e. The number of carbonyl (C=O) groups excluding carboxylic acids is 2. The molecule has 4 fully saturated rings. The number of carbonyl (C=O) groups is 2. The number of imide groups is 1. The van der Waals surface area contributed by atoms with Gasteiger partial charge in [-0.1, -0.05) is 12.1 Å². The van der Waals surface area contributed by atoms with Crippen LogP contribution < -0.4 is 9.64 Å². The Morgan fingerprint density at radius 3 is 2.20 bits per heavy atom. The van der Waals surface area contributed by atoms with E-state index >= 15 is 0 Å². The van der Waals surface area contributed by atoms with Crippen molar-refractivity contribution in [3.63, 3.8) is 0 Å². The van der Waals surface area contributed by atoms with Gasteiger partial charge in [-0.25, -0.2) is 0 Å². The third-order valence-electron chi connectivity index (χ3n) is 7.67. The lowest BCUT2D eigenvalue weighted by atomic mass is 9.81. The quantitative estimate of drug-likeness (QED) is 0.645. The molecule has 0 aromatic heterocycles. The Labute approximate surface area is 184 Å². The van der Waals surface area contributed by atoms with E-state index in [2.05, 4.69) is 21.9 Å². The van der Waals surface area contributed by atoms with Gasteiger partial charge in [-0.2, -0.15) is 0 Å². The van der Waals surface area contributed by atoms with Crippen LogP contribution in [0.5, 0.6) is 5.75 Å². The molecule has 0 N–H and O–H groups in total. The number of hydrogen-bond donors (Lipinski definition) is 0. The first-order valence-electron chi connectivity index (χ1n) is 11.1. The van der Waals surface area contributed by atoms with Crippen LogP contribution in [0.2, 0.25) is 0 Å². The zero-order valence-corrected chi connectivity index (χ0v) is 18.5. The summed E-state index contributed by atoms with van der Waals surface area (Å²) in [5.74, 6) is 2.19. The molecule has 2 aliphatic carbocycles. The highest BCUT2D eigenvalue weighted by molar-refractivity contribution is 6.06. The number of piperazine rings is 1. The summed E-state index contributed by atoms with van der Waals surface area (Å²) < 4.78 is 5.49. The highest BCUT2D eigenvalue weighted by Crippen LogP contribution is 2.56. The van der Waals surface area contributed by atoms with E-state index < -0.39 is 0 Å². The van der Waals surface area contributed by atoms with E-state index in [1.807, 2.05) is 12.1 Å². The molecule has 2 bridgehead atoms. The lowest BCUT2D eigenvalue weighted by Crippen LogP contribution is -2.47. The van der Waals surface area contributed by atoms with Gasteiger partial charge >= 0.3 is 0 Å². The van der Waals surface area contributed by atoms with E-state index in [4.69, 9.17) is 4.74 Å². The van der Waals surface area contributed by atoms with E-state index in [1.54, 1.807) is 12.0 Å². The second kappa shape index (κ2) is 8.75. The predicted octanol–water partition coefficient (Wildman–Crippen LogP) is 2.66. The van der Waals surface area contributed by atoms with Crippen LogP contribution in [0, 0.1) is 23.7 Å². The Morgan fingerprint density at radius 1 is 0.933 bits per heavy atom. The van der Waals surface area contributed by atoms with Gasteiger partial charge in [0, 0.05) is 32.7 Å². The minimum atomic E-state index is 0. The van der Waals surface area contributed by atoms with E-state index in [1.165, 1.54) is 0 Å². The fraction of sp³-hybridized carbons (Fsp3) is 0.652. The van der Waals surface area contributed by atoms with Gasteiger partial charge < -0.3 is 9.64 Å². The summed E-state index contributed by atoms with van der Waals surface area (Å²) in [6.07, 6.45) is 4.28. The first kappa shape index (κ1) is 21.4. The molecule has 1 aromatic rings. The number of hydrogen-bond acceptors (Lipinski definition) is 5. The van der Waals surface area contributed by atoms with Gasteiger partial charge in [0.15, 0.2) is 0 Å². The molecule has 5 rings (SSSR count). The highest BCUT2D eigenvalue weighted by Gasteiger charge is 2.60. The second-order valence-corrected chi connectivity index (χ2v) is 9.07. The molecule has 6 nitrogen and oxygen atoms in total. The fourth-order valence-electron chi connectivity index (χ4n) is 6.25. The van der Waals surface area contributed by atoms with Crippen molar-refractivity contribution in [3.05, 3.63) is 24.3 Å². The topological polar surface area (TPSA) is 53.1 Å². The Bertz CT molecular complexity index is 768. The van der Waals surface area contributed by atoms with Crippen molar-refractivity contribution in [2.45, 2.75) is 25.7 Å². The molecule has 0 spiro atoms. The maximum absolute atomic E-state index is 12.8. The van der Waals surface area contributed by atoms with Crippen molar-refractivity contribution >= 4 is 29.9 Å². The summed E-state index contributed by atoms with van der Waals surface area (Å²) in [5.41, 5.74) is 1.16. The van der Waals surface area contributed by atoms with Crippen molar-refractivity contribution in [1.82, 2.24) is 9.80 Å². The van der Waals surface area contributed by atoms with Gasteiger partial charge in [0.1, 0.15) is 5.75 Å². The molecular weight excluding hydrogens is 402 g/mol. The van der Waals surface area contributed by atoms with Crippen LogP contribution >= 0.6 is 12.4 Å². The maximum atomic E-state index is 12.8. The number of anilines is 1. The van der Waals surface area contributed by atoms with Crippen LogP contribution in [-0.4, -0.2) is 68.0 Å². The summed E-state index contributed by atoms with van der Waals surface area (Å²) in [6, 6.07) is 8.17. The standard InChI is InChI=1S/C23H31N3O3.ClH/c1-29-19-6-3-2-5-18(19)25-13-11-24(12-14-25)9-4-10-26-22(27)20-16-7-8-17(15-16)21(20)23(26)28;/h2-3,5-6,16-17,20-21H,4,7-15H2,1H3;1H. The van der Waals surface area contributed by atoms with Crippen molar-refractivity contribution in [2.24, 2.45) is 23.7 Å². The SMILES string of the molecule is COc1ccccc1N1CCN(CCCN2C(=O)C3C4CCC(C4)C3C2=O)CC1.Cl. The Balaban J connectivity index is 0.00000218. The van der Waals surface area contributed by atoms with Gasteiger partial charge in [-0.05, 0) is 56.2 Å². The number of methoxy groups -OCH3 is 1. The minimum Gasteiger partial charge on any atom is -0.495 e. The van der Waals surface area contributed by atoms with Gasteiger partial charge in [-0.15, -0.1) is 12.4 Å². The summed E-state index contributed by atoms with van der Waals surface area (Å²) in [4.78, 5) is 32.0. The van der Waals surface area contributed by atoms with Gasteiger partial charge in [0.05, 0.1) is 24.6 Å². The number of likely N-dealkylation sites (tertiary alicyclic amines) is 1. The van der Waals surface area contributed by atoms with Crippen molar-refractivity contribution in [1.29, 1.82) is 0 Å². The van der Waals surface area contributed by atoms with Crippen LogP contribution in [0.25, 0.3) is 0 Å². The van der Waals surface area contributed by atoms with Gasteiger partial charge in [-0.3, -0.25) is 19.4 Å². The first-order valence-corrected chi connectivity index (χ1v) is 11.1. The smallest absolute Gasteiger partial charge is 0.233 e. The molecule has 2 saturated heterocycles. The van der Waals surface area contributed by atoms with Crippen LogP contribution in [0.15, 0.2) is 24.3 Å². The normalized spacial score (nSPS) is 30.6.